The minimum atomic E-state index is -1.58. The van der Waals surface area contributed by atoms with E-state index < -0.39 is 22.4 Å². The first-order chi connectivity index (χ1) is 7.82. The van der Waals surface area contributed by atoms with Crippen molar-refractivity contribution in [3.8, 4) is 0 Å². The zero-order valence-electron chi connectivity index (χ0n) is 9.50. The van der Waals surface area contributed by atoms with Gasteiger partial charge < -0.3 is 14.6 Å². The van der Waals surface area contributed by atoms with E-state index in [1.165, 1.54) is 6.20 Å². The van der Waals surface area contributed by atoms with Gasteiger partial charge in [-0.15, -0.1) is 11.3 Å². The maximum atomic E-state index is 11.1. The lowest BCUT2D eigenvalue weighted by Crippen LogP contribution is -2.49. The van der Waals surface area contributed by atoms with E-state index in [4.69, 9.17) is 14.6 Å². The minimum Gasteiger partial charge on any atom is -0.378 e. The molecule has 0 radical (unpaired) electrons. The molecule has 0 amide bonds. The van der Waals surface area contributed by atoms with Crippen LogP contribution in [-0.2, 0) is 26.1 Å². The first kappa shape index (κ1) is 13.1. The Labute approximate surface area is 105 Å². The molecule has 2 rings (SSSR count). The number of aromatic nitrogens is 1. The van der Waals surface area contributed by atoms with Crippen molar-refractivity contribution in [1.29, 1.82) is 0 Å². The van der Waals surface area contributed by atoms with E-state index in [1.54, 1.807) is 13.8 Å². The van der Waals surface area contributed by atoms with Gasteiger partial charge in [0.1, 0.15) is 20.2 Å². The molecule has 1 atom stereocenters. The molecule has 1 aliphatic heterocycles. The Hall–Kier alpha value is -0.380. The molecule has 0 aliphatic carbocycles. The molecule has 1 saturated heterocycles. The molecule has 2 heterocycles. The molecule has 1 aromatic rings. The van der Waals surface area contributed by atoms with Crippen LogP contribution in [0.4, 0.5) is 0 Å². The minimum absolute atomic E-state index is 0.0875. The van der Waals surface area contributed by atoms with E-state index >= 15 is 0 Å². The highest BCUT2D eigenvalue weighted by molar-refractivity contribution is 7.85. The largest absolute Gasteiger partial charge is 0.378 e. The normalized spacial score (nSPS) is 24.5. The fourth-order valence-corrected chi connectivity index (χ4v) is 2.79. The third kappa shape index (κ3) is 2.72. The summed E-state index contributed by atoms with van der Waals surface area (Å²) in [5, 5.41) is 16.0. The van der Waals surface area contributed by atoms with Gasteiger partial charge in [0, 0.05) is 0 Å². The van der Waals surface area contributed by atoms with Crippen LogP contribution in [0.25, 0.3) is 0 Å². The number of nitrogens with zero attached hydrogens (tertiary/aromatic N) is 1. The third-order valence-corrected chi connectivity index (χ3v) is 4.63. The van der Waals surface area contributed by atoms with Gasteiger partial charge in [-0.1, -0.05) is 0 Å². The topological polar surface area (TPSA) is 94.7 Å². The van der Waals surface area contributed by atoms with Gasteiger partial charge in [-0.3, -0.25) is 0 Å². The van der Waals surface area contributed by atoms with Crippen LogP contribution in [0.15, 0.2) is 10.4 Å². The average Bonchev–Trinajstić information content (AvgIpc) is 2.73. The number of rotatable bonds is 2. The molecular weight excluding hydrogens is 264 g/mol. The molecule has 17 heavy (non-hydrogen) atoms. The number of nitrogens with two attached hydrogens (primary N) is 1. The highest BCUT2D eigenvalue weighted by atomic mass is 32.2. The molecule has 0 saturated carbocycles. The average molecular weight is 278 g/mol. The molecule has 1 unspecified atom stereocenters. The molecule has 0 bridgehead atoms. The molecule has 1 aromatic heterocycles. The van der Waals surface area contributed by atoms with Crippen LogP contribution in [0.3, 0.4) is 0 Å². The summed E-state index contributed by atoms with van der Waals surface area (Å²) >= 11 is 1.10. The lowest BCUT2D eigenvalue weighted by molar-refractivity contribution is -0.304. The number of thiazole rings is 1. The van der Waals surface area contributed by atoms with E-state index in [0.29, 0.717) is 9.22 Å². The molecule has 1 fully saturated rings. The molecule has 8 heteroatoms. The van der Waals surface area contributed by atoms with Gasteiger partial charge in [-0.05, 0) is 13.8 Å². The van der Waals surface area contributed by atoms with Crippen LogP contribution in [0.2, 0.25) is 0 Å². The van der Waals surface area contributed by atoms with Gasteiger partial charge in [-0.2, -0.15) is 0 Å². The summed E-state index contributed by atoms with van der Waals surface area (Å²) in [6.07, 6.45) is 1.40. The Bertz CT molecular complexity index is 436. The second-order valence-electron chi connectivity index (χ2n) is 4.29. The van der Waals surface area contributed by atoms with Gasteiger partial charge >= 0.3 is 0 Å². The Morgan fingerprint density at radius 1 is 1.53 bits per heavy atom. The van der Waals surface area contributed by atoms with Crippen LogP contribution in [0.1, 0.15) is 18.9 Å². The fourth-order valence-electron chi connectivity index (χ4n) is 1.36. The van der Waals surface area contributed by atoms with Gasteiger partial charge in [-0.25, -0.2) is 14.3 Å². The van der Waals surface area contributed by atoms with Crippen molar-refractivity contribution in [3.05, 3.63) is 11.2 Å². The predicted molar refractivity (Wildman–Crippen MR) is 62.6 cm³/mol. The van der Waals surface area contributed by atoms with Crippen LogP contribution in [0, 0.1) is 0 Å². The summed E-state index contributed by atoms with van der Waals surface area (Å²) in [6, 6.07) is 0. The number of aliphatic hydroxyl groups is 1. The summed E-state index contributed by atoms with van der Waals surface area (Å²) in [5.41, 5.74) is -1.29. The highest BCUT2D eigenvalue weighted by Crippen LogP contribution is 2.33. The molecule has 0 spiro atoms. The standard InChI is InChI=1S/C9H14N2O4S2/c1-8(2)14-4-9(12,5-15-8)7-11-3-6(16-7)17(10)13/h3,12H,4-5,10H2,1-2H3. The Morgan fingerprint density at radius 3 is 2.59 bits per heavy atom. The fraction of sp³-hybridized carbons (Fsp3) is 0.667. The Balaban J connectivity index is 2.18. The van der Waals surface area contributed by atoms with E-state index in [2.05, 4.69) is 4.98 Å². The molecular formula is C9H14N2O4S2. The van der Waals surface area contributed by atoms with Crippen molar-refractivity contribution in [2.75, 3.05) is 13.2 Å². The quantitative estimate of drug-likeness (QED) is 0.800. The van der Waals surface area contributed by atoms with E-state index in [0.717, 1.165) is 11.3 Å². The van der Waals surface area contributed by atoms with E-state index in [1.807, 2.05) is 0 Å². The van der Waals surface area contributed by atoms with Gasteiger partial charge in [0.15, 0.2) is 11.4 Å². The van der Waals surface area contributed by atoms with Gasteiger partial charge in [0.2, 0.25) is 0 Å². The van der Waals surface area contributed by atoms with Crippen LogP contribution >= 0.6 is 11.3 Å². The summed E-state index contributed by atoms with van der Waals surface area (Å²) in [6.45, 7) is 3.72. The number of ether oxygens (including phenoxy) is 2. The van der Waals surface area contributed by atoms with Gasteiger partial charge in [0.05, 0.1) is 19.4 Å². The zero-order valence-corrected chi connectivity index (χ0v) is 11.1. The second kappa shape index (κ2) is 4.38. The van der Waals surface area contributed by atoms with Crippen LogP contribution < -0.4 is 5.14 Å². The SMILES string of the molecule is CC1(C)OCC(O)(c2ncc(S(N)=O)s2)CO1. The summed E-state index contributed by atoms with van der Waals surface area (Å²) in [7, 11) is -1.58. The maximum absolute atomic E-state index is 11.1. The Morgan fingerprint density at radius 2 is 2.12 bits per heavy atom. The second-order valence-corrected chi connectivity index (χ2v) is 6.61. The van der Waals surface area contributed by atoms with Crippen molar-refractivity contribution in [3.63, 3.8) is 0 Å². The van der Waals surface area contributed by atoms with Crippen molar-refractivity contribution < 1.29 is 18.8 Å². The van der Waals surface area contributed by atoms with E-state index in [-0.39, 0.29) is 13.2 Å². The summed E-state index contributed by atoms with van der Waals surface area (Å²) < 4.78 is 22.3. The molecule has 3 N–H and O–H groups in total. The molecule has 6 nitrogen and oxygen atoms in total. The lowest BCUT2D eigenvalue weighted by atomic mass is 10.1. The summed E-state index contributed by atoms with van der Waals surface area (Å²) in [4.78, 5) is 4.02. The van der Waals surface area contributed by atoms with Crippen LogP contribution in [0.5, 0.6) is 0 Å². The predicted octanol–water partition coefficient (Wildman–Crippen LogP) is 0.0949. The monoisotopic (exact) mass is 278 g/mol. The summed E-state index contributed by atoms with van der Waals surface area (Å²) in [5.74, 6) is -0.705. The molecule has 1 aliphatic rings. The highest BCUT2D eigenvalue weighted by Gasteiger charge is 2.42. The van der Waals surface area contributed by atoms with Crippen molar-refractivity contribution in [2.45, 2.75) is 29.4 Å². The number of hydrogen-bond acceptors (Lipinski definition) is 6. The zero-order chi connectivity index (χ0) is 12.7. The molecule has 0 aromatic carbocycles. The van der Waals surface area contributed by atoms with Crippen molar-refractivity contribution in [2.24, 2.45) is 5.14 Å². The van der Waals surface area contributed by atoms with Crippen LogP contribution in [-0.4, -0.2) is 33.3 Å². The first-order valence-electron chi connectivity index (χ1n) is 4.95. The van der Waals surface area contributed by atoms with Crippen molar-refractivity contribution in [1.82, 2.24) is 4.98 Å². The maximum Gasteiger partial charge on any atom is 0.163 e. The lowest BCUT2D eigenvalue weighted by Gasteiger charge is -2.39. The molecule has 96 valence electrons. The smallest absolute Gasteiger partial charge is 0.163 e. The number of hydrogen-bond donors (Lipinski definition) is 2. The Kier molecular flexibility index (Phi) is 3.36. The van der Waals surface area contributed by atoms with Gasteiger partial charge in [0.25, 0.3) is 0 Å². The van der Waals surface area contributed by atoms with E-state index in [9.17, 15) is 9.32 Å². The van der Waals surface area contributed by atoms with Crippen molar-refractivity contribution >= 4 is 22.3 Å². The third-order valence-electron chi connectivity index (χ3n) is 2.40. The first-order valence-corrected chi connectivity index (χ1v) is 6.98.